The maximum atomic E-state index is 12.0. The van der Waals surface area contributed by atoms with Crippen LogP contribution in [0.2, 0.25) is 0 Å². The SMILES string of the molecule is CCOC(=O)[C@@H]1CCCN(CCCOCCCN(c2ccccc2)c2ccccc2)C1. The number of piperidine rings is 1. The van der Waals surface area contributed by atoms with Gasteiger partial charge < -0.3 is 19.3 Å². The van der Waals surface area contributed by atoms with Crippen LogP contribution in [0.4, 0.5) is 11.4 Å². The molecule has 0 N–H and O–H groups in total. The van der Waals surface area contributed by atoms with Gasteiger partial charge in [0.1, 0.15) is 0 Å². The predicted molar refractivity (Wildman–Crippen MR) is 126 cm³/mol. The molecule has 3 rings (SSSR count). The van der Waals surface area contributed by atoms with Crippen LogP contribution in [0.25, 0.3) is 0 Å². The molecule has 0 unspecified atom stereocenters. The van der Waals surface area contributed by atoms with Crippen LogP contribution < -0.4 is 4.90 Å². The van der Waals surface area contributed by atoms with Crippen LogP contribution in [0.5, 0.6) is 0 Å². The first-order chi connectivity index (χ1) is 15.3. The van der Waals surface area contributed by atoms with E-state index in [1.54, 1.807) is 0 Å². The number of para-hydroxylation sites is 2. The summed E-state index contributed by atoms with van der Waals surface area (Å²) in [4.78, 5) is 16.7. The first kappa shape index (κ1) is 23.3. The van der Waals surface area contributed by atoms with Gasteiger partial charge in [0, 0.05) is 44.2 Å². The van der Waals surface area contributed by atoms with E-state index in [-0.39, 0.29) is 11.9 Å². The fourth-order valence-electron chi connectivity index (χ4n) is 4.15. The highest BCUT2D eigenvalue weighted by Gasteiger charge is 2.26. The number of likely N-dealkylation sites (tertiary alicyclic amines) is 1. The van der Waals surface area contributed by atoms with Crippen molar-refractivity contribution >= 4 is 17.3 Å². The van der Waals surface area contributed by atoms with Gasteiger partial charge in [-0.1, -0.05) is 36.4 Å². The molecule has 1 aliphatic heterocycles. The number of anilines is 2. The number of benzene rings is 2. The van der Waals surface area contributed by atoms with E-state index in [1.165, 1.54) is 11.4 Å². The Hall–Kier alpha value is -2.37. The number of hydrogen-bond acceptors (Lipinski definition) is 5. The highest BCUT2D eigenvalue weighted by molar-refractivity contribution is 5.72. The number of nitrogens with zero attached hydrogens (tertiary/aromatic N) is 2. The van der Waals surface area contributed by atoms with Crippen LogP contribution in [0.15, 0.2) is 60.7 Å². The minimum Gasteiger partial charge on any atom is -0.466 e. The topological polar surface area (TPSA) is 42.0 Å². The molecule has 1 heterocycles. The van der Waals surface area contributed by atoms with Crippen LogP contribution in [-0.4, -0.2) is 56.9 Å². The Morgan fingerprint density at radius 2 is 1.65 bits per heavy atom. The molecule has 1 atom stereocenters. The molecule has 0 bridgehead atoms. The minimum atomic E-state index is -0.0372. The summed E-state index contributed by atoms with van der Waals surface area (Å²) in [5.41, 5.74) is 2.41. The van der Waals surface area contributed by atoms with E-state index in [0.29, 0.717) is 6.61 Å². The Kier molecular flexibility index (Phi) is 9.87. The molecular formula is C26H36N2O3. The highest BCUT2D eigenvalue weighted by atomic mass is 16.5. The molecule has 0 aromatic heterocycles. The summed E-state index contributed by atoms with van der Waals surface area (Å²) in [6, 6.07) is 21.0. The molecule has 5 nitrogen and oxygen atoms in total. The monoisotopic (exact) mass is 424 g/mol. The summed E-state index contributed by atoms with van der Waals surface area (Å²) in [7, 11) is 0. The molecule has 2 aromatic rings. The Labute approximate surface area is 187 Å². The van der Waals surface area contributed by atoms with Gasteiger partial charge in [0.2, 0.25) is 0 Å². The Bertz CT molecular complexity index is 714. The largest absolute Gasteiger partial charge is 0.466 e. The highest BCUT2D eigenvalue weighted by Crippen LogP contribution is 2.25. The third-order valence-electron chi connectivity index (χ3n) is 5.69. The van der Waals surface area contributed by atoms with E-state index in [9.17, 15) is 4.79 Å². The quantitative estimate of drug-likeness (QED) is 0.358. The second-order valence-corrected chi connectivity index (χ2v) is 8.03. The molecule has 31 heavy (non-hydrogen) atoms. The molecule has 1 saturated heterocycles. The number of carbonyl (C=O) groups is 1. The number of hydrogen-bond donors (Lipinski definition) is 0. The fraction of sp³-hybridized carbons (Fsp3) is 0.500. The normalized spacial score (nSPS) is 16.7. The Morgan fingerprint density at radius 1 is 1.00 bits per heavy atom. The van der Waals surface area contributed by atoms with Crippen molar-refractivity contribution in [3.05, 3.63) is 60.7 Å². The van der Waals surface area contributed by atoms with Gasteiger partial charge in [-0.25, -0.2) is 0 Å². The minimum absolute atomic E-state index is 0.0372. The average Bonchev–Trinajstić information content (AvgIpc) is 2.82. The van der Waals surface area contributed by atoms with E-state index < -0.39 is 0 Å². The zero-order valence-corrected chi connectivity index (χ0v) is 18.7. The zero-order valence-electron chi connectivity index (χ0n) is 18.7. The van der Waals surface area contributed by atoms with Gasteiger partial charge in [0.15, 0.2) is 0 Å². The Balaban J connectivity index is 1.34. The summed E-state index contributed by atoms with van der Waals surface area (Å²) in [6.07, 6.45) is 3.99. The third kappa shape index (κ3) is 7.67. The second-order valence-electron chi connectivity index (χ2n) is 8.03. The van der Waals surface area contributed by atoms with Crippen molar-refractivity contribution < 1.29 is 14.3 Å². The van der Waals surface area contributed by atoms with Gasteiger partial charge in [-0.05, 0) is 63.4 Å². The molecule has 1 fully saturated rings. The third-order valence-corrected chi connectivity index (χ3v) is 5.69. The van der Waals surface area contributed by atoms with E-state index in [0.717, 1.165) is 65.1 Å². The summed E-state index contributed by atoms with van der Waals surface area (Å²) < 4.78 is 11.1. The van der Waals surface area contributed by atoms with Crippen molar-refractivity contribution in [1.82, 2.24) is 4.90 Å². The smallest absolute Gasteiger partial charge is 0.310 e. The standard InChI is InChI=1S/C26H36N2O3/c1-2-31-26(29)23-12-9-17-27(22-23)18-10-20-30-21-11-19-28(24-13-5-3-6-14-24)25-15-7-4-8-16-25/h3-8,13-16,23H,2,9-12,17-22H2,1H3/t23-/m1/s1. The summed E-state index contributed by atoms with van der Waals surface area (Å²) in [6.45, 7) is 7.64. The van der Waals surface area contributed by atoms with Crippen molar-refractivity contribution in [1.29, 1.82) is 0 Å². The van der Waals surface area contributed by atoms with Crippen molar-refractivity contribution in [3.63, 3.8) is 0 Å². The van der Waals surface area contributed by atoms with Gasteiger partial charge in [0.05, 0.1) is 12.5 Å². The molecule has 0 spiro atoms. The number of rotatable bonds is 12. The van der Waals surface area contributed by atoms with E-state index in [2.05, 4.69) is 58.3 Å². The molecule has 1 aliphatic rings. The van der Waals surface area contributed by atoms with Crippen LogP contribution in [0, 0.1) is 5.92 Å². The summed E-state index contributed by atoms with van der Waals surface area (Å²) in [5, 5.41) is 0. The molecule has 0 amide bonds. The molecule has 0 aliphatic carbocycles. The van der Waals surface area contributed by atoms with Crippen molar-refractivity contribution in [2.45, 2.75) is 32.6 Å². The van der Waals surface area contributed by atoms with Crippen molar-refractivity contribution in [3.8, 4) is 0 Å². The maximum absolute atomic E-state index is 12.0. The number of carbonyl (C=O) groups excluding carboxylic acids is 1. The van der Waals surface area contributed by atoms with Gasteiger partial charge in [0.25, 0.3) is 0 Å². The van der Waals surface area contributed by atoms with Crippen molar-refractivity contribution in [2.75, 3.05) is 50.9 Å². The maximum Gasteiger partial charge on any atom is 0.310 e. The van der Waals surface area contributed by atoms with E-state index in [1.807, 2.05) is 19.1 Å². The Morgan fingerprint density at radius 3 is 2.29 bits per heavy atom. The average molecular weight is 425 g/mol. The molecule has 5 heteroatoms. The molecule has 168 valence electrons. The van der Waals surface area contributed by atoms with Gasteiger partial charge in [-0.15, -0.1) is 0 Å². The predicted octanol–water partition coefficient (Wildman–Crippen LogP) is 4.90. The van der Waals surface area contributed by atoms with Crippen LogP contribution in [0.1, 0.15) is 32.6 Å². The number of esters is 1. The zero-order chi connectivity index (χ0) is 21.7. The lowest BCUT2D eigenvalue weighted by atomic mass is 9.98. The van der Waals surface area contributed by atoms with Gasteiger partial charge in [-0.2, -0.15) is 0 Å². The van der Waals surface area contributed by atoms with E-state index in [4.69, 9.17) is 9.47 Å². The van der Waals surface area contributed by atoms with Gasteiger partial charge in [-0.3, -0.25) is 4.79 Å². The van der Waals surface area contributed by atoms with E-state index >= 15 is 0 Å². The van der Waals surface area contributed by atoms with Crippen molar-refractivity contribution in [2.24, 2.45) is 5.92 Å². The molecule has 0 radical (unpaired) electrons. The van der Waals surface area contributed by atoms with Crippen LogP contribution >= 0.6 is 0 Å². The van der Waals surface area contributed by atoms with Gasteiger partial charge >= 0.3 is 5.97 Å². The summed E-state index contributed by atoms with van der Waals surface area (Å²) >= 11 is 0. The molecular weight excluding hydrogens is 388 g/mol. The number of ether oxygens (including phenoxy) is 2. The second kappa shape index (κ2) is 13.1. The summed E-state index contributed by atoms with van der Waals surface area (Å²) in [5.74, 6) is 0.00131. The fourth-order valence-corrected chi connectivity index (χ4v) is 4.15. The van der Waals surface area contributed by atoms with Crippen LogP contribution in [0.3, 0.4) is 0 Å². The lowest BCUT2D eigenvalue weighted by molar-refractivity contribution is -0.149. The molecule has 2 aromatic carbocycles. The lowest BCUT2D eigenvalue weighted by Crippen LogP contribution is -2.40. The molecule has 0 saturated carbocycles. The first-order valence-corrected chi connectivity index (χ1v) is 11.6. The van der Waals surface area contributed by atoms with Crippen LogP contribution in [-0.2, 0) is 14.3 Å². The lowest BCUT2D eigenvalue weighted by Gasteiger charge is -2.31. The first-order valence-electron chi connectivity index (χ1n) is 11.6.